The van der Waals surface area contributed by atoms with Crippen LogP contribution < -0.4 is 9.47 Å². The van der Waals surface area contributed by atoms with Crippen LogP contribution in [0.3, 0.4) is 0 Å². The first-order valence-corrected chi connectivity index (χ1v) is 8.69. The lowest BCUT2D eigenvalue weighted by molar-refractivity contribution is 0.282. The van der Waals surface area contributed by atoms with Gasteiger partial charge in [-0.15, -0.1) is 0 Å². The van der Waals surface area contributed by atoms with E-state index in [2.05, 4.69) is 36.4 Å². The SMILES string of the molecule is COc1ccc(-c2c3cccc(CO)c3c3c4c(cccc24)CO3)cc1. The molecule has 3 nitrogen and oxygen atoms in total. The highest BCUT2D eigenvalue weighted by molar-refractivity contribution is 6.19. The Morgan fingerprint density at radius 3 is 2.38 bits per heavy atom. The van der Waals surface area contributed by atoms with E-state index in [0.717, 1.165) is 38.8 Å². The molecule has 0 spiro atoms. The molecule has 1 heterocycles. The third-order valence-electron chi connectivity index (χ3n) is 5.22. The maximum Gasteiger partial charge on any atom is 0.136 e. The van der Waals surface area contributed by atoms with E-state index in [1.165, 1.54) is 16.5 Å². The van der Waals surface area contributed by atoms with Gasteiger partial charge in [-0.3, -0.25) is 0 Å². The van der Waals surface area contributed by atoms with Gasteiger partial charge in [0.1, 0.15) is 18.1 Å². The molecule has 4 aromatic carbocycles. The molecule has 1 aliphatic rings. The fourth-order valence-electron chi connectivity index (χ4n) is 4.04. The van der Waals surface area contributed by atoms with E-state index in [9.17, 15) is 5.11 Å². The highest BCUT2D eigenvalue weighted by Crippen LogP contribution is 2.48. The topological polar surface area (TPSA) is 38.7 Å². The number of hydrogen-bond donors (Lipinski definition) is 1. The van der Waals surface area contributed by atoms with Crippen LogP contribution in [0.2, 0.25) is 0 Å². The van der Waals surface area contributed by atoms with Crippen molar-refractivity contribution in [1.29, 1.82) is 0 Å². The number of methoxy groups -OCH3 is 1. The maximum absolute atomic E-state index is 9.90. The lowest BCUT2D eigenvalue weighted by atomic mass is 9.88. The zero-order valence-corrected chi connectivity index (χ0v) is 14.5. The van der Waals surface area contributed by atoms with Gasteiger partial charge in [-0.1, -0.05) is 48.5 Å². The van der Waals surface area contributed by atoms with Crippen LogP contribution in [0.25, 0.3) is 32.7 Å². The largest absolute Gasteiger partial charge is 0.497 e. The number of hydrogen-bond acceptors (Lipinski definition) is 3. The van der Waals surface area contributed by atoms with Crippen LogP contribution in [-0.4, -0.2) is 12.2 Å². The quantitative estimate of drug-likeness (QED) is 0.529. The van der Waals surface area contributed by atoms with Gasteiger partial charge in [0, 0.05) is 16.3 Å². The Labute approximate surface area is 151 Å². The van der Waals surface area contributed by atoms with E-state index in [1.54, 1.807) is 7.11 Å². The summed E-state index contributed by atoms with van der Waals surface area (Å²) in [6.45, 7) is 0.566. The Hall–Kier alpha value is -3.04. The standard InChI is InChI=1S/C23H18O3/c1-25-17-10-8-14(9-11-17)20-18-6-2-4-15(12-24)21(18)23-22-16(13-26-23)5-3-7-19(20)22/h2-11,24H,12-13H2,1H3. The second-order valence-corrected chi connectivity index (χ2v) is 6.56. The van der Waals surface area contributed by atoms with Crippen molar-refractivity contribution in [3.05, 3.63) is 71.8 Å². The molecule has 0 aliphatic carbocycles. The fraction of sp³-hybridized carbons (Fsp3) is 0.130. The molecular formula is C23H18O3. The number of aliphatic hydroxyl groups is 1. The smallest absolute Gasteiger partial charge is 0.136 e. The van der Waals surface area contributed by atoms with Crippen molar-refractivity contribution < 1.29 is 14.6 Å². The van der Waals surface area contributed by atoms with Gasteiger partial charge in [0.25, 0.3) is 0 Å². The molecule has 0 bridgehead atoms. The van der Waals surface area contributed by atoms with E-state index < -0.39 is 0 Å². The highest BCUT2D eigenvalue weighted by Gasteiger charge is 2.24. The lowest BCUT2D eigenvalue weighted by Gasteiger charge is -2.16. The molecule has 0 atom stereocenters. The number of fused-ring (bicyclic) bond motifs is 2. The number of rotatable bonds is 3. The van der Waals surface area contributed by atoms with E-state index in [4.69, 9.17) is 9.47 Å². The molecule has 1 aliphatic heterocycles. The van der Waals surface area contributed by atoms with Crippen molar-refractivity contribution in [2.24, 2.45) is 0 Å². The number of ether oxygens (including phenoxy) is 2. The van der Waals surface area contributed by atoms with Crippen molar-refractivity contribution in [3.63, 3.8) is 0 Å². The zero-order valence-electron chi connectivity index (χ0n) is 14.5. The van der Waals surface area contributed by atoms with E-state index in [1.807, 2.05) is 24.3 Å². The van der Waals surface area contributed by atoms with Crippen LogP contribution in [0, 0.1) is 0 Å². The zero-order chi connectivity index (χ0) is 17.7. The van der Waals surface area contributed by atoms with Crippen LogP contribution in [0.15, 0.2) is 60.7 Å². The third-order valence-corrected chi connectivity index (χ3v) is 5.22. The van der Waals surface area contributed by atoms with Crippen LogP contribution in [-0.2, 0) is 13.2 Å². The van der Waals surface area contributed by atoms with Gasteiger partial charge >= 0.3 is 0 Å². The summed E-state index contributed by atoms with van der Waals surface area (Å²) in [6, 6.07) is 20.6. The van der Waals surface area contributed by atoms with Gasteiger partial charge in [0.15, 0.2) is 0 Å². The summed E-state index contributed by atoms with van der Waals surface area (Å²) < 4.78 is 11.4. The van der Waals surface area contributed by atoms with Crippen LogP contribution in [0.1, 0.15) is 11.1 Å². The van der Waals surface area contributed by atoms with Crippen molar-refractivity contribution in [2.75, 3.05) is 7.11 Å². The van der Waals surface area contributed by atoms with Gasteiger partial charge < -0.3 is 14.6 Å². The summed E-state index contributed by atoms with van der Waals surface area (Å²) in [7, 11) is 1.67. The molecule has 0 amide bonds. The molecule has 3 heteroatoms. The summed E-state index contributed by atoms with van der Waals surface area (Å²) in [6.07, 6.45) is 0. The minimum atomic E-state index is -0.0105. The summed E-state index contributed by atoms with van der Waals surface area (Å²) in [5.41, 5.74) is 4.39. The lowest BCUT2D eigenvalue weighted by Crippen LogP contribution is -1.93. The highest BCUT2D eigenvalue weighted by atomic mass is 16.5. The van der Waals surface area contributed by atoms with Crippen molar-refractivity contribution in [2.45, 2.75) is 13.2 Å². The molecule has 0 fully saturated rings. The number of aliphatic hydroxyl groups excluding tert-OH is 1. The Morgan fingerprint density at radius 2 is 1.65 bits per heavy atom. The fourth-order valence-corrected chi connectivity index (χ4v) is 4.04. The second kappa shape index (κ2) is 5.75. The van der Waals surface area contributed by atoms with E-state index in [0.29, 0.717) is 6.61 Å². The molecule has 0 saturated heterocycles. The Kier molecular flexibility index (Phi) is 3.37. The van der Waals surface area contributed by atoms with Gasteiger partial charge in [-0.2, -0.15) is 0 Å². The average Bonchev–Trinajstić information content (AvgIpc) is 3.13. The summed E-state index contributed by atoms with van der Waals surface area (Å²) in [4.78, 5) is 0. The van der Waals surface area contributed by atoms with Gasteiger partial charge in [0.05, 0.1) is 13.7 Å². The first kappa shape index (κ1) is 15.2. The molecule has 0 aromatic heterocycles. The molecule has 0 saturated carbocycles. The van der Waals surface area contributed by atoms with E-state index >= 15 is 0 Å². The van der Waals surface area contributed by atoms with Gasteiger partial charge in [0.2, 0.25) is 0 Å². The van der Waals surface area contributed by atoms with Crippen LogP contribution >= 0.6 is 0 Å². The Morgan fingerprint density at radius 1 is 0.923 bits per heavy atom. The molecule has 1 N–H and O–H groups in total. The van der Waals surface area contributed by atoms with E-state index in [-0.39, 0.29) is 6.61 Å². The first-order valence-electron chi connectivity index (χ1n) is 8.69. The molecule has 0 radical (unpaired) electrons. The summed E-state index contributed by atoms with van der Waals surface area (Å²) in [5, 5.41) is 14.4. The average molecular weight is 342 g/mol. The predicted molar refractivity (Wildman–Crippen MR) is 104 cm³/mol. The molecule has 5 rings (SSSR count). The summed E-state index contributed by atoms with van der Waals surface area (Å²) >= 11 is 0. The normalized spacial score (nSPS) is 12.5. The molecule has 128 valence electrons. The third kappa shape index (κ3) is 2.04. The van der Waals surface area contributed by atoms with Crippen molar-refractivity contribution in [1.82, 2.24) is 0 Å². The molecule has 4 aromatic rings. The number of benzene rings is 4. The maximum atomic E-state index is 9.90. The first-order chi connectivity index (χ1) is 12.8. The molecule has 0 unspecified atom stereocenters. The Bertz CT molecular complexity index is 1140. The predicted octanol–water partition coefficient (Wildman–Crippen LogP) is 5.05. The minimum Gasteiger partial charge on any atom is -0.497 e. The monoisotopic (exact) mass is 342 g/mol. The molecular weight excluding hydrogens is 324 g/mol. The van der Waals surface area contributed by atoms with Crippen LogP contribution in [0.4, 0.5) is 0 Å². The van der Waals surface area contributed by atoms with Gasteiger partial charge in [-0.25, -0.2) is 0 Å². The minimum absolute atomic E-state index is 0.0105. The Balaban J connectivity index is 1.97. The van der Waals surface area contributed by atoms with Crippen LogP contribution in [0.5, 0.6) is 11.5 Å². The molecule has 26 heavy (non-hydrogen) atoms. The van der Waals surface area contributed by atoms with Crippen molar-refractivity contribution in [3.8, 4) is 22.6 Å². The van der Waals surface area contributed by atoms with Gasteiger partial charge in [-0.05, 0) is 39.6 Å². The second-order valence-electron chi connectivity index (χ2n) is 6.56. The van der Waals surface area contributed by atoms with Crippen molar-refractivity contribution >= 4 is 21.5 Å². The summed E-state index contributed by atoms with van der Waals surface area (Å²) in [5.74, 6) is 1.73.